The molecule has 1 saturated heterocycles. The van der Waals surface area contributed by atoms with Gasteiger partial charge in [-0.2, -0.15) is 0 Å². The van der Waals surface area contributed by atoms with E-state index in [1.54, 1.807) is 12.1 Å². The highest BCUT2D eigenvalue weighted by Crippen LogP contribution is 2.27. The molecule has 1 atom stereocenters. The van der Waals surface area contributed by atoms with E-state index in [4.69, 9.17) is 4.74 Å². The molecule has 0 amide bonds. The molecule has 0 unspecified atom stereocenters. The molecule has 0 bridgehead atoms. The van der Waals surface area contributed by atoms with Crippen LogP contribution in [0.1, 0.15) is 22.8 Å². The van der Waals surface area contributed by atoms with Gasteiger partial charge in [-0.1, -0.05) is 47.7 Å². The van der Waals surface area contributed by atoms with Gasteiger partial charge in [0.25, 0.3) is 0 Å². The number of hydrogen-bond acceptors (Lipinski definition) is 6. The van der Waals surface area contributed by atoms with Gasteiger partial charge in [-0.15, -0.1) is 0 Å². The Bertz CT molecular complexity index is 1070. The van der Waals surface area contributed by atoms with Gasteiger partial charge >= 0.3 is 5.00 Å². The first-order chi connectivity index (χ1) is 16.0. The maximum atomic E-state index is 13.8. The summed E-state index contributed by atoms with van der Waals surface area (Å²) in [7, 11) is 0. The lowest BCUT2D eigenvalue weighted by Gasteiger charge is -2.34. The second-order valence-corrected chi connectivity index (χ2v) is 8.89. The van der Waals surface area contributed by atoms with Crippen molar-refractivity contribution < 1.29 is 18.4 Å². The summed E-state index contributed by atoms with van der Waals surface area (Å²) < 4.78 is 33.4. The third-order valence-electron chi connectivity index (χ3n) is 5.73. The van der Waals surface area contributed by atoms with Crippen molar-refractivity contribution in [3.63, 3.8) is 0 Å². The van der Waals surface area contributed by atoms with Crippen LogP contribution in [0.15, 0.2) is 60.0 Å². The van der Waals surface area contributed by atoms with Crippen LogP contribution in [0.2, 0.25) is 0 Å². The maximum absolute atomic E-state index is 13.8. The van der Waals surface area contributed by atoms with Crippen LogP contribution < -0.4 is 0 Å². The average Bonchev–Trinajstić information content (AvgIpc) is 3.29. The first-order valence-electron chi connectivity index (χ1n) is 10.8. The minimum absolute atomic E-state index is 0.176. The van der Waals surface area contributed by atoms with Crippen molar-refractivity contribution in [3.05, 3.63) is 98.4 Å². The minimum atomic E-state index is -0.885. The van der Waals surface area contributed by atoms with Gasteiger partial charge < -0.3 is 4.74 Å². The van der Waals surface area contributed by atoms with Crippen LogP contribution in [0, 0.1) is 21.7 Å². The Morgan fingerprint density at radius 3 is 2.36 bits per heavy atom. The maximum Gasteiger partial charge on any atom is 0.324 e. The molecule has 1 aliphatic heterocycles. The number of thiophene rings is 1. The monoisotopic (exact) mass is 473 g/mol. The van der Waals surface area contributed by atoms with E-state index in [0.29, 0.717) is 18.7 Å². The molecule has 33 heavy (non-hydrogen) atoms. The Balaban J connectivity index is 1.29. The summed E-state index contributed by atoms with van der Waals surface area (Å²) in [5.41, 5.74) is 2.44. The summed E-state index contributed by atoms with van der Waals surface area (Å²) >= 11 is 1.16. The van der Waals surface area contributed by atoms with Crippen LogP contribution in [-0.4, -0.2) is 54.1 Å². The number of halogens is 2. The number of piperazine rings is 1. The summed E-state index contributed by atoms with van der Waals surface area (Å²) in [6.45, 7) is 5.37. The molecule has 0 spiro atoms. The molecule has 6 nitrogen and oxygen atoms in total. The first kappa shape index (κ1) is 23.4. The van der Waals surface area contributed by atoms with Gasteiger partial charge in [0.05, 0.1) is 11.5 Å². The van der Waals surface area contributed by atoms with E-state index in [1.165, 1.54) is 6.07 Å². The van der Waals surface area contributed by atoms with Crippen molar-refractivity contribution in [2.75, 3.05) is 39.3 Å². The SMILES string of the molecule is O=[N+]([O-])c1cc(CN2CCN(CCO[C@H](c3ccccc3)c3ccc(F)c(F)c3)CC2)cs1. The number of ether oxygens (including phenoxy) is 1. The standard InChI is InChI=1S/C24H25F2N3O3S/c25-21-7-6-20(15-22(21)26)24(19-4-2-1-3-5-19)32-13-12-27-8-10-28(11-9-27)16-18-14-23(29(30)31)33-17-18/h1-7,14-15,17,24H,8-13,16H2/t24-/m1/s1. The van der Waals surface area contributed by atoms with Gasteiger partial charge in [0, 0.05) is 50.7 Å². The number of rotatable bonds is 9. The smallest absolute Gasteiger partial charge is 0.324 e. The van der Waals surface area contributed by atoms with E-state index >= 15 is 0 Å². The summed E-state index contributed by atoms with van der Waals surface area (Å²) in [6.07, 6.45) is -0.475. The van der Waals surface area contributed by atoms with Crippen LogP contribution in [0.4, 0.5) is 13.8 Å². The van der Waals surface area contributed by atoms with Crippen molar-refractivity contribution in [1.29, 1.82) is 0 Å². The Morgan fingerprint density at radius 1 is 0.970 bits per heavy atom. The lowest BCUT2D eigenvalue weighted by Crippen LogP contribution is -2.46. The molecule has 4 rings (SSSR count). The van der Waals surface area contributed by atoms with Crippen molar-refractivity contribution in [2.24, 2.45) is 0 Å². The highest BCUT2D eigenvalue weighted by atomic mass is 32.1. The molecule has 0 N–H and O–H groups in total. The van der Waals surface area contributed by atoms with Gasteiger partial charge in [0.1, 0.15) is 6.10 Å². The predicted molar refractivity (Wildman–Crippen MR) is 123 cm³/mol. The highest BCUT2D eigenvalue weighted by molar-refractivity contribution is 7.13. The third-order valence-corrected chi connectivity index (χ3v) is 6.66. The van der Waals surface area contributed by atoms with E-state index < -0.39 is 17.7 Å². The van der Waals surface area contributed by atoms with Gasteiger partial charge in [0.2, 0.25) is 0 Å². The predicted octanol–water partition coefficient (Wildman–Crippen LogP) is 4.86. The van der Waals surface area contributed by atoms with E-state index in [1.807, 2.05) is 35.7 Å². The fourth-order valence-electron chi connectivity index (χ4n) is 3.96. The quantitative estimate of drug-likeness (QED) is 0.328. The zero-order chi connectivity index (χ0) is 23.2. The van der Waals surface area contributed by atoms with E-state index in [0.717, 1.165) is 61.3 Å². The van der Waals surface area contributed by atoms with E-state index in [2.05, 4.69) is 9.80 Å². The van der Waals surface area contributed by atoms with Crippen LogP contribution in [0.3, 0.4) is 0 Å². The van der Waals surface area contributed by atoms with Crippen LogP contribution in [-0.2, 0) is 11.3 Å². The van der Waals surface area contributed by atoms with E-state index in [9.17, 15) is 18.9 Å². The fraction of sp³-hybridized carbons (Fsp3) is 0.333. The number of nitro groups is 1. The zero-order valence-electron chi connectivity index (χ0n) is 18.0. The van der Waals surface area contributed by atoms with Crippen molar-refractivity contribution in [3.8, 4) is 0 Å². The van der Waals surface area contributed by atoms with Crippen molar-refractivity contribution in [2.45, 2.75) is 12.6 Å². The van der Waals surface area contributed by atoms with Gasteiger partial charge in [-0.05, 0) is 28.8 Å². The Kier molecular flexibility index (Phi) is 7.77. The lowest BCUT2D eigenvalue weighted by atomic mass is 10.0. The summed E-state index contributed by atoms with van der Waals surface area (Å²) in [4.78, 5) is 15.1. The molecular formula is C24H25F2N3O3S. The number of hydrogen-bond donors (Lipinski definition) is 0. The Labute approximate surface area is 195 Å². The average molecular weight is 474 g/mol. The fourth-order valence-corrected chi connectivity index (χ4v) is 4.68. The van der Waals surface area contributed by atoms with Crippen LogP contribution in [0.5, 0.6) is 0 Å². The first-order valence-corrected chi connectivity index (χ1v) is 11.7. The molecule has 1 aliphatic rings. The molecule has 3 aromatic rings. The van der Waals surface area contributed by atoms with Gasteiger partial charge in [-0.3, -0.25) is 19.9 Å². The normalized spacial score (nSPS) is 16.1. The lowest BCUT2D eigenvalue weighted by molar-refractivity contribution is -0.380. The second kappa shape index (κ2) is 10.9. The molecule has 2 aromatic carbocycles. The van der Waals surface area contributed by atoms with Gasteiger partial charge in [0.15, 0.2) is 11.6 Å². The van der Waals surface area contributed by atoms with E-state index in [-0.39, 0.29) is 9.92 Å². The largest absolute Gasteiger partial charge is 0.367 e. The molecular weight excluding hydrogens is 448 g/mol. The highest BCUT2D eigenvalue weighted by Gasteiger charge is 2.20. The molecule has 0 radical (unpaired) electrons. The molecule has 1 aromatic heterocycles. The molecule has 9 heteroatoms. The molecule has 1 fully saturated rings. The topological polar surface area (TPSA) is 58.9 Å². The van der Waals surface area contributed by atoms with Crippen molar-refractivity contribution >= 4 is 16.3 Å². The van der Waals surface area contributed by atoms with Crippen LogP contribution in [0.25, 0.3) is 0 Å². The minimum Gasteiger partial charge on any atom is -0.367 e. The zero-order valence-corrected chi connectivity index (χ0v) is 18.8. The number of benzene rings is 2. The molecule has 0 saturated carbocycles. The molecule has 2 heterocycles. The molecule has 0 aliphatic carbocycles. The summed E-state index contributed by atoms with van der Waals surface area (Å²) in [6, 6.07) is 15.1. The summed E-state index contributed by atoms with van der Waals surface area (Å²) in [5, 5.41) is 12.9. The number of nitrogens with zero attached hydrogens (tertiary/aromatic N) is 3. The Hall–Kier alpha value is -2.72. The third kappa shape index (κ3) is 6.20. The molecule has 174 valence electrons. The summed E-state index contributed by atoms with van der Waals surface area (Å²) in [5.74, 6) is -1.76. The van der Waals surface area contributed by atoms with Crippen molar-refractivity contribution in [1.82, 2.24) is 9.80 Å². The van der Waals surface area contributed by atoms with Crippen LogP contribution >= 0.6 is 11.3 Å². The second-order valence-electron chi connectivity index (χ2n) is 8.00. The van der Waals surface area contributed by atoms with Gasteiger partial charge in [-0.25, -0.2) is 8.78 Å². The Morgan fingerprint density at radius 2 is 1.70 bits per heavy atom.